The van der Waals surface area contributed by atoms with Gasteiger partial charge in [-0.15, -0.1) is 108 Å². The van der Waals surface area contributed by atoms with Crippen molar-refractivity contribution >= 4 is 0 Å². The van der Waals surface area contributed by atoms with Gasteiger partial charge in [-0.05, 0) is 122 Å². The molecule has 326 valence electrons. The van der Waals surface area contributed by atoms with Crippen LogP contribution in [0.25, 0.3) is 44.9 Å². The largest absolute Gasteiger partial charge is 3.00 e. The quantitative estimate of drug-likeness (QED) is 0.102. The summed E-state index contributed by atoms with van der Waals surface area (Å²) in [7, 11) is 0. The Kier molecular flexibility index (Phi) is 12.9. The summed E-state index contributed by atoms with van der Waals surface area (Å²) < 4.78 is 40.0. The predicted molar refractivity (Wildman–Crippen MR) is 264 cm³/mol. The van der Waals surface area contributed by atoms with Crippen LogP contribution < -0.4 is 0 Å². The molecule has 3 nitrogen and oxygen atoms in total. The van der Waals surface area contributed by atoms with Crippen LogP contribution in [0.1, 0.15) is 110 Å². The van der Waals surface area contributed by atoms with Crippen molar-refractivity contribution < 1.29 is 25.6 Å². The van der Waals surface area contributed by atoms with Gasteiger partial charge >= 0.3 is 20.1 Å². The first-order valence-electron chi connectivity index (χ1n) is 24.8. The van der Waals surface area contributed by atoms with Crippen molar-refractivity contribution in [2.75, 3.05) is 0 Å². The van der Waals surface area contributed by atoms with E-state index in [0.29, 0.717) is 30.0 Å². The molecule has 1 aliphatic carbocycles. The molecule has 65 heavy (non-hydrogen) atoms. The number of benzene rings is 5. The van der Waals surface area contributed by atoms with Gasteiger partial charge in [0.05, 0.1) is 0 Å². The van der Waals surface area contributed by atoms with Gasteiger partial charge in [-0.1, -0.05) is 120 Å². The first-order chi connectivity index (χ1) is 32.7. The average molecular weight is 1030 g/mol. The second-order valence-electron chi connectivity index (χ2n) is 18.7. The minimum atomic E-state index is -2.52. The van der Waals surface area contributed by atoms with E-state index in [0.717, 1.165) is 68.7 Å². The van der Waals surface area contributed by atoms with Crippen LogP contribution in [0.2, 0.25) is 0 Å². The van der Waals surface area contributed by atoms with Crippen molar-refractivity contribution in [3.8, 4) is 44.9 Å². The van der Waals surface area contributed by atoms with Crippen LogP contribution in [0.3, 0.4) is 0 Å². The zero-order valence-electron chi connectivity index (χ0n) is 41.8. The molecular formula is C61H58IrN3. The minimum absolute atomic E-state index is 0. The third kappa shape index (κ3) is 11.2. The summed E-state index contributed by atoms with van der Waals surface area (Å²) in [5.74, 6) is 0.445. The van der Waals surface area contributed by atoms with Gasteiger partial charge in [-0.2, -0.15) is 0 Å². The maximum absolute atomic E-state index is 10.0. The monoisotopic (exact) mass is 1030 g/mol. The summed E-state index contributed by atoms with van der Waals surface area (Å²) in [5, 5.41) is 0. The molecule has 0 amide bonds. The Labute approximate surface area is 406 Å². The number of hydrogen-bond donors (Lipinski definition) is 0. The van der Waals surface area contributed by atoms with Crippen molar-refractivity contribution in [3.05, 3.63) is 221 Å². The summed E-state index contributed by atoms with van der Waals surface area (Å²) in [4.78, 5) is 14.5. The molecule has 0 saturated heterocycles. The maximum Gasteiger partial charge on any atom is 3.00 e. The second-order valence-corrected chi connectivity index (χ2v) is 18.7. The van der Waals surface area contributed by atoms with Gasteiger partial charge in [-0.3, -0.25) is 0 Å². The summed E-state index contributed by atoms with van der Waals surface area (Å²) >= 11 is 0. The Hall–Kier alpha value is -5.80. The molecule has 0 N–H and O–H groups in total. The van der Waals surface area contributed by atoms with Crippen LogP contribution in [0.15, 0.2) is 164 Å². The van der Waals surface area contributed by atoms with Crippen molar-refractivity contribution in [1.82, 2.24) is 15.0 Å². The first-order valence-corrected chi connectivity index (χ1v) is 22.8. The van der Waals surface area contributed by atoms with Crippen LogP contribution in [-0.4, -0.2) is 15.0 Å². The van der Waals surface area contributed by atoms with Gasteiger partial charge in [0, 0.05) is 24.1 Å². The van der Waals surface area contributed by atoms with E-state index in [9.17, 15) is 5.48 Å². The average Bonchev–Trinajstić information content (AvgIpc) is 3.37. The third-order valence-electron chi connectivity index (χ3n) is 12.9. The summed E-state index contributed by atoms with van der Waals surface area (Å²) in [6.45, 7) is 8.74. The van der Waals surface area contributed by atoms with Crippen molar-refractivity contribution in [2.45, 2.75) is 102 Å². The Morgan fingerprint density at radius 1 is 0.523 bits per heavy atom. The first kappa shape index (κ1) is 40.7. The van der Waals surface area contributed by atoms with Crippen molar-refractivity contribution in [1.29, 1.82) is 0 Å². The molecule has 8 aromatic rings. The van der Waals surface area contributed by atoms with E-state index in [1.165, 1.54) is 24.8 Å². The van der Waals surface area contributed by atoms with Crippen LogP contribution in [0, 0.1) is 18.2 Å². The van der Waals surface area contributed by atoms with Gasteiger partial charge in [0.1, 0.15) is 0 Å². The second kappa shape index (κ2) is 20.6. The van der Waals surface area contributed by atoms with Gasteiger partial charge in [0.25, 0.3) is 0 Å². The number of pyridine rings is 3. The van der Waals surface area contributed by atoms with Crippen molar-refractivity contribution in [3.63, 3.8) is 0 Å². The molecule has 0 radical (unpaired) electrons. The molecule has 5 aromatic carbocycles. The summed E-state index contributed by atoms with van der Waals surface area (Å²) in [5.41, 5.74) is 11.4. The van der Waals surface area contributed by atoms with E-state index < -0.39 is 23.6 Å². The fourth-order valence-electron chi connectivity index (χ4n) is 9.31. The van der Waals surface area contributed by atoms with E-state index in [-0.39, 0.29) is 31.2 Å². The van der Waals surface area contributed by atoms with Crippen LogP contribution in [-0.2, 0) is 56.5 Å². The fourth-order valence-corrected chi connectivity index (χ4v) is 9.31. The zero-order valence-corrected chi connectivity index (χ0v) is 40.2. The molecule has 0 unspecified atom stereocenters. The maximum atomic E-state index is 10.0. The van der Waals surface area contributed by atoms with Gasteiger partial charge in [0.2, 0.25) is 0 Å². The molecule has 1 fully saturated rings. The molecule has 1 saturated carbocycles. The zero-order chi connectivity index (χ0) is 47.5. The molecule has 0 spiro atoms. The Bertz CT molecular complexity index is 2850. The van der Waals surface area contributed by atoms with E-state index in [1.807, 2.05) is 122 Å². The number of aromatic nitrogens is 3. The van der Waals surface area contributed by atoms with E-state index >= 15 is 0 Å². The molecule has 3 heterocycles. The molecular weight excluding hydrogens is 967 g/mol. The van der Waals surface area contributed by atoms with E-state index in [2.05, 4.69) is 82.3 Å². The van der Waals surface area contributed by atoms with Gasteiger partial charge in [0.15, 0.2) is 0 Å². The molecule has 9 rings (SSSR count). The smallest absolute Gasteiger partial charge is 0.304 e. The topological polar surface area (TPSA) is 38.7 Å². The van der Waals surface area contributed by atoms with E-state index in [4.69, 9.17) is 15.0 Å². The van der Waals surface area contributed by atoms with Gasteiger partial charge in [-0.25, -0.2) is 0 Å². The SMILES string of the molecule is [2H]C([2H])(c1cc(CC(C)(C)c2ccc(-c3[c-]cccc3)nc2)cc(CC(C)(C)c2ccc(-c3[c-]cccc3)nc2)c1)C([2H])([2H])c1cnc(-c2[c-]cccc2)cc1-c1cccc(C2CCCCC2)c1.[Ir+3]. The van der Waals surface area contributed by atoms with Crippen LogP contribution in [0.5, 0.6) is 0 Å². The van der Waals surface area contributed by atoms with E-state index in [1.54, 1.807) is 6.20 Å². The number of rotatable bonds is 14. The number of hydrogen-bond acceptors (Lipinski definition) is 3. The Balaban J connectivity index is 0.00000642. The summed E-state index contributed by atoms with van der Waals surface area (Å²) in [6.07, 6.45) is 7.48. The van der Waals surface area contributed by atoms with Crippen molar-refractivity contribution in [2.24, 2.45) is 0 Å². The molecule has 0 atom stereocenters. The standard InChI is InChI=1S/C61H58N3.Ir/c1-60(2,54-30-32-57(63-42-54)48-20-11-6-12-21-48)39-45-34-44(35-46(36-45)40-61(3,4)55-31-33-58(64-43-55)49-22-13-7-14-23-49)28-29-53-41-62-59(50-24-15-8-16-25-50)38-56(53)52-27-17-26-51(37-52)47-18-9-5-10-19-47;/h6-8,11-17,20,22,24,26-27,30-38,41-43,47H,5,9-10,18-19,28-29,39-40H2,1-4H3;/q-3;+3/i28D2,29D2;. The Morgan fingerprint density at radius 2 is 1.05 bits per heavy atom. The number of nitrogens with zero attached hydrogens (tertiary/aromatic N) is 3. The number of aryl methyl sites for hydroxylation is 2. The Morgan fingerprint density at radius 3 is 1.55 bits per heavy atom. The minimum Gasteiger partial charge on any atom is -0.304 e. The molecule has 1 aliphatic rings. The third-order valence-corrected chi connectivity index (χ3v) is 12.9. The summed E-state index contributed by atoms with van der Waals surface area (Å²) in [6, 6.07) is 57.8. The van der Waals surface area contributed by atoms with Gasteiger partial charge < -0.3 is 15.0 Å². The molecule has 0 aliphatic heterocycles. The van der Waals surface area contributed by atoms with Crippen LogP contribution >= 0.6 is 0 Å². The fraction of sp³-hybridized carbons (Fsp3) is 0.262. The molecule has 4 heteroatoms. The van der Waals surface area contributed by atoms with Crippen LogP contribution in [0.4, 0.5) is 0 Å². The molecule has 3 aromatic heterocycles. The molecule has 0 bridgehead atoms. The predicted octanol–water partition coefficient (Wildman–Crippen LogP) is 14.8. The normalized spacial score (nSPS) is 14.6.